The fourth-order valence-corrected chi connectivity index (χ4v) is 3.20. The van der Waals surface area contributed by atoms with Crippen molar-refractivity contribution in [1.29, 1.82) is 0 Å². The van der Waals surface area contributed by atoms with Gasteiger partial charge in [0.1, 0.15) is 11.8 Å². The summed E-state index contributed by atoms with van der Waals surface area (Å²) in [5.41, 5.74) is 3.01. The Labute approximate surface area is 112 Å². The van der Waals surface area contributed by atoms with Crippen LogP contribution < -0.4 is 0 Å². The molecular weight excluding hydrogens is 242 g/mol. The highest BCUT2D eigenvalue weighted by Gasteiger charge is 2.37. The molecule has 3 rings (SSSR count). The molecule has 1 fully saturated rings. The zero-order valence-corrected chi connectivity index (χ0v) is 11.0. The number of hydrogen-bond acceptors (Lipinski definition) is 4. The highest BCUT2D eigenvalue weighted by atomic mass is 16.5. The maximum Gasteiger partial charge on any atom is 0.150 e. The molecule has 0 aromatic heterocycles. The number of fused-ring (bicyclic) bond motifs is 1. The summed E-state index contributed by atoms with van der Waals surface area (Å²) in [6.45, 7) is 2.61. The number of aryl methyl sites for hydroxylation is 1. The van der Waals surface area contributed by atoms with Gasteiger partial charge >= 0.3 is 0 Å². The molecule has 0 bridgehead atoms. The number of rotatable bonds is 3. The second-order valence-corrected chi connectivity index (χ2v) is 5.62. The summed E-state index contributed by atoms with van der Waals surface area (Å²) in [5.74, 6) is 0. The van der Waals surface area contributed by atoms with Crippen LogP contribution in [-0.4, -0.2) is 12.9 Å². The van der Waals surface area contributed by atoms with Crippen molar-refractivity contribution in [3.63, 3.8) is 0 Å². The molecule has 1 aliphatic carbocycles. The first-order valence-corrected chi connectivity index (χ1v) is 6.76. The van der Waals surface area contributed by atoms with Crippen LogP contribution in [0.3, 0.4) is 0 Å². The third-order valence-electron chi connectivity index (χ3n) is 4.38. The number of carbonyl (C=O) groups excluding carboxylic acids is 1. The lowest BCUT2D eigenvalue weighted by Crippen LogP contribution is -2.15. The first-order chi connectivity index (χ1) is 9.18. The van der Waals surface area contributed by atoms with Crippen LogP contribution in [0.1, 0.15) is 59.3 Å². The minimum Gasteiger partial charge on any atom is -0.374 e. The van der Waals surface area contributed by atoms with E-state index in [1.165, 1.54) is 0 Å². The van der Waals surface area contributed by atoms with Crippen LogP contribution >= 0.6 is 0 Å². The lowest BCUT2D eigenvalue weighted by atomic mass is 9.90. The summed E-state index contributed by atoms with van der Waals surface area (Å²) in [6, 6.07) is 3.89. The van der Waals surface area contributed by atoms with E-state index >= 15 is 0 Å². The number of carbonyl (C=O) groups is 1. The summed E-state index contributed by atoms with van der Waals surface area (Å²) >= 11 is 0. The van der Waals surface area contributed by atoms with Crippen molar-refractivity contribution in [1.82, 2.24) is 0 Å². The minimum atomic E-state index is -0.649. The number of nitrogens with zero attached hydrogens (tertiary/aromatic N) is 1. The smallest absolute Gasteiger partial charge is 0.150 e. The summed E-state index contributed by atoms with van der Waals surface area (Å²) in [5, 5.41) is 3.30. The van der Waals surface area contributed by atoms with E-state index in [0.717, 1.165) is 55.3 Å². The molecule has 1 aromatic rings. The van der Waals surface area contributed by atoms with Crippen molar-refractivity contribution in [3.8, 4) is 0 Å². The molecule has 4 nitrogen and oxygen atoms in total. The quantitative estimate of drug-likeness (QED) is 0.618. The average molecular weight is 259 g/mol. The molecule has 100 valence electrons. The maximum atomic E-state index is 11.3. The van der Waals surface area contributed by atoms with Crippen LogP contribution in [0.4, 0.5) is 0 Å². The molecule has 0 saturated carbocycles. The summed E-state index contributed by atoms with van der Waals surface area (Å²) in [7, 11) is 0. The predicted molar refractivity (Wildman–Crippen MR) is 71.2 cm³/mol. The molecule has 1 heterocycles. The maximum absolute atomic E-state index is 11.3. The SMILES string of the molecule is CC1(N=O)CCc2cc(C=O)c(C3CCCO3)cc21. The monoisotopic (exact) mass is 259 g/mol. The van der Waals surface area contributed by atoms with Crippen molar-refractivity contribution >= 4 is 6.29 Å². The first-order valence-electron chi connectivity index (χ1n) is 6.76. The van der Waals surface area contributed by atoms with E-state index < -0.39 is 5.54 Å². The zero-order chi connectivity index (χ0) is 13.5. The zero-order valence-electron chi connectivity index (χ0n) is 11.0. The van der Waals surface area contributed by atoms with Crippen LogP contribution in [0, 0.1) is 4.91 Å². The molecule has 4 heteroatoms. The Morgan fingerprint density at radius 2 is 2.32 bits per heavy atom. The van der Waals surface area contributed by atoms with Crippen LogP contribution in [-0.2, 0) is 16.7 Å². The minimum absolute atomic E-state index is 0.0120. The Morgan fingerprint density at radius 3 is 2.95 bits per heavy atom. The van der Waals surface area contributed by atoms with Gasteiger partial charge in [0.05, 0.1) is 6.10 Å². The first kappa shape index (κ1) is 12.5. The lowest BCUT2D eigenvalue weighted by Gasteiger charge is -2.19. The molecule has 19 heavy (non-hydrogen) atoms. The molecule has 2 atom stereocenters. The lowest BCUT2D eigenvalue weighted by molar-refractivity contribution is 0.105. The van der Waals surface area contributed by atoms with Gasteiger partial charge in [-0.05, 0) is 61.4 Å². The van der Waals surface area contributed by atoms with Gasteiger partial charge in [0.25, 0.3) is 0 Å². The molecular formula is C15H17NO3. The highest BCUT2D eigenvalue weighted by molar-refractivity contribution is 5.78. The standard InChI is InChI=1S/C15H17NO3/c1-15(16-18)5-4-10-7-11(9-17)12(8-13(10)15)14-3-2-6-19-14/h7-9,14H,2-6H2,1H3. The third-order valence-corrected chi connectivity index (χ3v) is 4.38. The Morgan fingerprint density at radius 1 is 1.47 bits per heavy atom. The second-order valence-electron chi connectivity index (χ2n) is 5.62. The van der Waals surface area contributed by atoms with Gasteiger partial charge in [0.2, 0.25) is 0 Å². The van der Waals surface area contributed by atoms with Gasteiger partial charge in [-0.3, -0.25) is 4.79 Å². The van der Waals surface area contributed by atoms with Crippen molar-refractivity contribution in [2.45, 2.75) is 44.2 Å². The van der Waals surface area contributed by atoms with Crippen molar-refractivity contribution in [2.75, 3.05) is 6.61 Å². The van der Waals surface area contributed by atoms with Gasteiger partial charge < -0.3 is 4.74 Å². The van der Waals surface area contributed by atoms with Crippen molar-refractivity contribution < 1.29 is 9.53 Å². The van der Waals surface area contributed by atoms with Gasteiger partial charge in [-0.2, -0.15) is 0 Å². The number of aldehydes is 1. The summed E-state index contributed by atoms with van der Waals surface area (Å²) in [4.78, 5) is 22.4. The van der Waals surface area contributed by atoms with Crippen LogP contribution in [0.5, 0.6) is 0 Å². The number of hydrogen-bond donors (Lipinski definition) is 0. The molecule has 1 aliphatic heterocycles. The van der Waals surface area contributed by atoms with Gasteiger partial charge in [-0.25, -0.2) is 0 Å². The van der Waals surface area contributed by atoms with E-state index in [9.17, 15) is 9.70 Å². The number of nitroso groups, excluding NO2 is 1. The Bertz CT molecular complexity index is 534. The van der Waals surface area contributed by atoms with E-state index in [-0.39, 0.29) is 6.10 Å². The third kappa shape index (κ3) is 1.91. The van der Waals surface area contributed by atoms with E-state index in [1.807, 2.05) is 19.1 Å². The fraction of sp³-hybridized carbons (Fsp3) is 0.533. The molecule has 2 aliphatic rings. The Hall–Kier alpha value is -1.55. The normalized spacial score (nSPS) is 29.2. The van der Waals surface area contributed by atoms with Crippen LogP contribution in [0.25, 0.3) is 0 Å². The highest BCUT2D eigenvalue weighted by Crippen LogP contribution is 2.43. The topological polar surface area (TPSA) is 55.7 Å². The molecule has 1 aromatic carbocycles. The van der Waals surface area contributed by atoms with Gasteiger partial charge in [-0.15, -0.1) is 4.91 Å². The summed E-state index contributed by atoms with van der Waals surface area (Å²) < 4.78 is 5.68. The molecule has 1 saturated heterocycles. The van der Waals surface area contributed by atoms with Crippen LogP contribution in [0.2, 0.25) is 0 Å². The van der Waals surface area contributed by atoms with Gasteiger partial charge in [0, 0.05) is 12.2 Å². The molecule has 0 N–H and O–H groups in total. The number of benzene rings is 1. The van der Waals surface area contributed by atoms with Crippen molar-refractivity contribution in [3.05, 3.63) is 39.3 Å². The van der Waals surface area contributed by atoms with E-state index in [0.29, 0.717) is 5.56 Å². The Kier molecular flexibility index (Phi) is 2.97. The number of ether oxygens (including phenoxy) is 1. The van der Waals surface area contributed by atoms with Crippen LogP contribution in [0.15, 0.2) is 17.3 Å². The molecule has 0 spiro atoms. The molecule has 0 radical (unpaired) electrons. The average Bonchev–Trinajstić information content (AvgIpc) is 3.06. The Balaban J connectivity index is 2.11. The van der Waals surface area contributed by atoms with E-state index in [1.54, 1.807) is 0 Å². The summed E-state index contributed by atoms with van der Waals surface area (Å²) in [6.07, 6.45) is 4.36. The van der Waals surface area contributed by atoms with E-state index in [2.05, 4.69) is 5.18 Å². The second kappa shape index (κ2) is 4.53. The van der Waals surface area contributed by atoms with Crippen molar-refractivity contribution in [2.24, 2.45) is 5.18 Å². The molecule has 2 unspecified atom stereocenters. The molecule has 0 amide bonds. The predicted octanol–water partition coefficient (Wildman–Crippen LogP) is 3.28. The van der Waals surface area contributed by atoms with Gasteiger partial charge in [-0.1, -0.05) is 5.18 Å². The fourth-order valence-electron chi connectivity index (χ4n) is 3.20. The van der Waals surface area contributed by atoms with E-state index in [4.69, 9.17) is 4.74 Å². The van der Waals surface area contributed by atoms with Gasteiger partial charge in [0.15, 0.2) is 0 Å². The largest absolute Gasteiger partial charge is 0.374 e.